The molecule has 2 atom stereocenters. The molecule has 0 saturated carbocycles. The second-order valence-electron chi connectivity index (χ2n) is 7.12. The molecule has 4 heterocycles. The Labute approximate surface area is 225 Å². The summed E-state index contributed by atoms with van der Waals surface area (Å²) >= 11 is 5.07. The van der Waals surface area contributed by atoms with Crippen LogP contribution in [0.5, 0.6) is 0 Å². The van der Waals surface area contributed by atoms with Crippen LogP contribution in [0.1, 0.15) is 12.6 Å². The smallest absolute Gasteiger partial charge is 0.413 e. The lowest BCUT2D eigenvalue weighted by Gasteiger charge is -2.49. The lowest BCUT2D eigenvalue weighted by molar-refractivity contribution is -0.150. The fourth-order valence-corrected chi connectivity index (χ4v) is 7.02. The van der Waals surface area contributed by atoms with Crippen LogP contribution < -0.4 is 10.6 Å². The van der Waals surface area contributed by atoms with Crippen molar-refractivity contribution in [2.75, 3.05) is 30.5 Å². The lowest BCUT2D eigenvalue weighted by atomic mass is 10.0. The van der Waals surface area contributed by atoms with Crippen molar-refractivity contribution in [3.63, 3.8) is 0 Å². The van der Waals surface area contributed by atoms with Crippen molar-refractivity contribution in [3.8, 4) is 0 Å². The van der Waals surface area contributed by atoms with E-state index < -0.39 is 35.3 Å². The number of carboxylic acid groups (broad SMARTS) is 1. The van der Waals surface area contributed by atoms with Crippen LogP contribution in [-0.4, -0.2) is 91.4 Å². The van der Waals surface area contributed by atoms with E-state index in [0.29, 0.717) is 21.4 Å². The first-order chi connectivity index (χ1) is 17.8. The molecule has 0 radical (unpaired) electrons. The molecule has 3 amide bonds. The molecule has 4 rings (SSSR count). The Morgan fingerprint density at radius 1 is 1.35 bits per heavy atom. The number of thiazole rings is 1. The van der Waals surface area contributed by atoms with Crippen molar-refractivity contribution in [2.24, 2.45) is 5.16 Å². The Morgan fingerprint density at radius 2 is 2.16 bits per heavy atom. The molecule has 2 aliphatic heterocycles. The first-order valence-electron chi connectivity index (χ1n) is 10.4. The van der Waals surface area contributed by atoms with Gasteiger partial charge in [0.15, 0.2) is 15.2 Å². The fraction of sp³-hybridized carbons (Fsp3) is 0.368. The topological polar surface area (TPSA) is 185 Å². The van der Waals surface area contributed by atoms with Gasteiger partial charge in [0.2, 0.25) is 0 Å². The van der Waals surface area contributed by atoms with Crippen molar-refractivity contribution in [1.82, 2.24) is 25.4 Å². The zero-order valence-corrected chi connectivity index (χ0v) is 22.5. The van der Waals surface area contributed by atoms with Crippen LogP contribution in [0, 0.1) is 0 Å². The van der Waals surface area contributed by atoms with Gasteiger partial charge in [-0.3, -0.25) is 19.8 Å². The molecular weight excluding hydrogens is 567 g/mol. The van der Waals surface area contributed by atoms with E-state index in [-0.39, 0.29) is 28.8 Å². The van der Waals surface area contributed by atoms with Crippen molar-refractivity contribution in [3.05, 3.63) is 27.9 Å². The minimum absolute atomic E-state index is 0.0868. The number of ether oxygens (including phenoxy) is 1. The van der Waals surface area contributed by atoms with Gasteiger partial charge in [-0.25, -0.2) is 14.6 Å². The van der Waals surface area contributed by atoms with Gasteiger partial charge in [0.05, 0.1) is 6.61 Å². The molecule has 2 aromatic rings. The third-order valence-electron chi connectivity index (χ3n) is 4.88. The quantitative estimate of drug-likeness (QED) is 0.158. The molecule has 37 heavy (non-hydrogen) atoms. The molecular formula is C19H19N7O7S4. The summed E-state index contributed by atoms with van der Waals surface area (Å²) in [4.78, 5) is 59.7. The first kappa shape index (κ1) is 26.8. The summed E-state index contributed by atoms with van der Waals surface area (Å²) in [6, 6.07) is -0.970. The maximum atomic E-state index is 13.0. The van der Waals surface area contributed by atoms with Crippen molar-refractivity contribution in [1.29, 1.82) is 0 Å². The Kier molecular flexibility index (Phi) is 8.62. The molecule has 14 nitrogen and oxygen atoms in total. The number of carbonyl (C=O) groups excluding carboxylic acids is 3. The van der Waals surface area contributed by atoms with E-state index in [9.17, 15) is 24.3 Å². The Balaban J connectivity index is 1.45. The number of fused-ring (bicyclic) bond motifs is 1. The lowest BCUT2D eigenvalue weighted by Crippen LogP contribution is -2.71. The second-order valence-corrected chi connectivity index (χ2v) is 11.1. The normalized spacial score (nSPS) is 19.1. The number of hydrogen-bond acceptors (Lipinski definition) is 14. The molecule has 1 unspecified atom stereocenters. The third-order valence-corrected chi connectivity index (χ3v) is 8.92. The van der Waals surface area contributed by atoms with E-state index in [1.165, 1.54) is 52.3 Å². The molecule has 196 valence electrons. The van der Waals surface area contributed by atoms with E-state index in [1.807, 2.05) is 0 Å². The third kappa shape index (κ3) is 5.86. The largest absolute Gasteiger partial charge is 0.477 e. The second kappa shape index (κ2) is 11.9. The number of nitrogens with zero attached hydrogens (tertiary/aromatic N) is 5. The first-order valence-corrected chi connectivity index (χ1v) is 14.2. The zero-order valence-electron chi connectivity index (χ0n) is 19.2. The standard InChI is InChI=1S/C19H19N7O7S4/c1-3-33-18(31)23-17-21-9(6-35-17)10(25-32-2)13(27)22-11-14(28)26-12(16(29)30)8(4-34-15(11)26)5-36-19-24-20-7-37-19/h6-7,11,15H,3-5H2,1-2H3,(H,22,27)(H,29,30)(H,21,23,31)/b25-10+/t11?,15-/m1/s1. The van der Waals surface area contributed by atoms with Gasteiger partial charge in [0, 0.05) is 16.9 Å². The zero-order chi connectivity index (χ0) is 26.5. The summed E-state index contributed by atoms with van der Waals surface area (Å²) in [5, 5.41) is 27.3. The highest BCUT2D eigenvalue weighted by molar-refractivity contribution is 8.01. The summed E-state index contributed by atoms with van der Waals surface area (Å²) in [6.07, 6.45) is -0.698. The maximum Gasteiger partial charge on any atom is 0.413 e. The van der Waals surface area contributed by atoms with Gasteiger partial charge in [-0.2, -0.15) is 0 Å². The van der Waals surface area contributed by atoms with E-state index in [0.717, 1.165) is 11.3 Å². The summed E-state index contributed by atoms with van der Waals surface area (Å²) < 4.78 is 5.49. The molecule has 1 fully saturated rings. The number of aliphatic carboxylic acids is 1. The highest BCUT2D eigenvalue weighted by Crippen LogP contribution is 2.41. The summed E-state index contributed by atoms with van der Waals surface area (Å²) in [6.45, 7) is 1.83. The van der Waals surface area contributed by atoms with Crippen molar-refractivity contribution < 1.29 is 33.9 Å². The number of rotatable bonds is 10. The number of carbonyl (C=O) groups is 4. The molecule has 2 aromatic heterocycles. The molecule has 18 heteroatoms. The van der Waals surface area contributed by atoms with Crippen LogP contribution in [0.2, 0.25) is 0 Å². The molecule has 3 N–H and O–H groups in total. The number of oxime groups is 1. The predicted molar refractivity (Wildman–Crippen MR) is 137 cm³/mol. The number of thioether (sulfide) groups is 2. The molecule has 1 saturated heterocycles. The minimum atomic E-state index is -1.22. The van der Waals surface area contributed by atoms with E-state index in [2.05, 4.69) is 31.0 Å². The summed E-state index contributed by atoms with van der Waals surface area (Å²) in [5.74, 6) is -1.81. The Morgan fingerprint density at radius 3 is 2.84 bits per heavy atom. The molecule has 0 aromatic carbocycles. The molecule has 2 aliphatic rings. The number of β-lactam (4-membered cyclic amide) rings is 1. The molecule has 0 spiro atoms. The minimum Gasteiger partial charge on any atom is -0.477 e. The highest BCUT2D eigenvalue weighted by atomic mass is 32.2. The molecule has 0 aliphatic carbocycles. The van der Waals surface area contributed by atoms with Crippen LogP contribution >= 0.6 is 46.2 Å². The number of aromatic nitrogens is 3. The van der Waals surface area contributed by atoms with Gasteiger partial charge in [-0.15, -0.1) is 33.3 Å². The van der Waals surface area contributed by atoms with E-state index in [4.69, 9.17) is 9.57 Å². The SMILES string of the molecule is CCOC(=O)Nc1nc(/C(=N\OC)C(=O)NC2C(=O)N3C(C(=O)O)=C(CSc4nncs4)CS[C@H]23)cs1. The van der Waals surface area contributed by atoms with Crippen LogP contribution in [0.3, 0.4) is 0 Å². The van der Waals surface area contributed by atoms with Gasteiger partial charge in [0.1, 0.15) is 35.4 Å². The number of nitrogens with one attached hydrogen (secondary N) is 2. The van der Waals surface area contributed by atoms with Gasteiger partial charge >= 0.3 is 12.1 Å². The number of carboxylic acids is 1. The number of anilines is 1. The Bertz CT molecular complexity index is 1260. The predicted octanol–water partition coefficient (Wildman–Crippen LogP) is 1.44. The van der Waals surface area contributed by atoms with Gasteiger partial charge in [0.25, 0.3) is 11.8 Å². The number of amides is 3. The van der Waals surface area contributed by atoms with Crippen LogP contribution in [-0.2, 0) is 24.0 Å². The fourth-order valence-electron chi connectivity index (χ4n) is 3.37. The van der Waals surface area contributed by atoms with Gasteiger partial charge in [-0.1, -0.05) is 28.3 Å². The summed E-state index contributed by atoms with van der Waals surface area (Å²) in [7, 11) is 1.25. The Hall–Kier alpha value is -3.22. The van der Waals surface area contributed by atoms with Crippen LogP contribution in [0.25, 0.3) is 0 Å². The van der Waals surface area contributed by atoms with E-state index in [1.54, 1.807) is 12.4 Å². The van der Waals surface area contributed by atoms with Crippen molar-refractivity contribution >= 4 is 80.9 Å². The van der Waals surface area contributed by atoms with E-state index >= 15 is 0 Å². The van der Waals surface area contributed by atoms with Crippen LogP contribution in [0.4, 0.5) is 9.93 Å². The summed E-state index contributed by atoms with van der Waals surface area (Å²) in [5.41, 5.74) is 1.97. The highest BCUT2D eigenvalue weighted by Gasteiger charge is 2.54. The number of hydrogen-bond donors (Lipinski definition) is 3. The van der Waals surface area contributed by atoms with Gasteiger partial charge in [-0.05, 0) is 12.5 Å². The average molecular weight is 586 g/mol. The van der Waals surface area contributed by atoms with Crippen molar-refractivity contribution in [2.45, 2.75) is 22.7 Å². The average Bonchev–Trinajstić information content (AvgIpc) is 3.56. The van der Waals surface area contributed by atoms with Crippen LogP contribution in [0.15, 0.2) is 31.7 Å². The maximum absolute atomic E-state index is 13.0. The molecule has 0 bridgehead atoms. The monoisotopic (exact) mass is 585 g/mol. The van der Waals surface area contributed by atoms with Gasteiger partial charge < -0.3 is 20.0 Å².